The van der Waals surface area contributed by atoms with E-state index in [4.69, 9.17) is 14.2 Å². The molecule has 2 unspecified atom stereocenters. The van der Waals surface area contributed by atoms with E-state index in [0.29, 0.717) is 19.3 Å². The van der Waals surface area contributed by atoms with Crippen molar-refractivity contribution in [2.24, 2.45) is 0 Å². The fourth-order valence-electron chi connectivity index (χ4n) is 5.01. The molecular formula is C44H71NO7. The maximum Gasteiger partial charge on any atom is 0.306 e. The lowest BCUT2D eigenvalue weighted by Crippen LogP contribution is -2.55. The summed E-state index contributed by atoms with van der Waals surface area (Å²) in [6, 6.07) is -0.740. The van der Waals surface area contributed by atoms with E-state index >= 15 is 0 Å². The number of hydrogen-bond donors (Lipinski definition) is 0. The van der Waals surface area contributed by atoms with Crippen molar-refractivity contribution >= 4 is 17.9 Å². The molecule has 0 aliphatic heterocycles. The number of quaternary nitrogens is 1. The topological polar surface area (TPSA) is 102 Å². The van der Waals surface area contributed by atoms with Gasteiger partial charge in [-0.2, -0.15) is 0 Å². The quantitative estimate of drug-likeness (QED) is 0.0288. The number of allylic oxidation sites excluding steroid dienone is 14. The van der Waals surface area contributed by atoms with E-state index in [-0.39, 0.29) is 49.1 Å². The van der Waals surface area contributed by atoms with Crippen molar-refractivity contribution in [2.75, 3.05) is 41.0 Å². The Bertz CT molecular complexity index is 1120. The lowest BCUT2D eigenvalue weighted by atomic mass is 10.1. The fourth-order valence-corrected chi connectivity index (χ4v) is 5.01. The summed E-state index contributed by atoms with van der Waals surface area (Å²) >= 11 is 0. The van der Waals surface area contributed by atoms with Crippen molar-refractivity contribution in [1.82, 2.24) is 0 Å². The van der Waals surface area contributed by atoms with E-state index in [1.165, 1.54) is 0 Å². The molecule has 0 N–H and O–H groups in total. The summed E-state index contributed by atoms with van der Waals surface area (Å²) < 4.78 is 17.0. The first-order valence-corrected chi connectivity index (χ1v) is 19.6. The van der Waals surface area contributed by atoms with E-state index in [1.807, 2.05) is 0 Å². The van der Waals surface area contributed by atoms with Crippen molar-refractivity contribution in [3.05, 3.63) is 85.1 Å². The molecule has 0 aliphatic carbocycles. The number of esters is 2. The second kappa shape index (κ2) is 34.6. The van der Waals surface area contributed by atoms with Crippen LogP contribution in [-0.2, 0) is 28.6 Å². The first kappa shape index (κ1) is 48.5. The van der Waals surface area contributed by atoms with Gasteiger partial charge < -0.3 is 28.6 Å². The number of hydrogen-bond acceptors (Lipinski definition) is 7. The van der Waals surface area contributed by atoms with Gasteiger partial charge in [-0.3, -0.25) is 9.59 Å². The van der Waals surface area contributed by atoms with Crippen molar-refractivity contribution in [2.45, 2.75) is 135 Å². The van der Waals surface area contributed by atoms with Crippen LogP contribution in [0.15, 0.2) is 85.1 Å². The number of likely N-dealkylation sites (N-methyl/N-ethyl adjacent to an activating group) is 1. The van der Waals surface area contributed by atoms with Crippen LogP contribution in [0.3, 0.4) is 0 Å². The Morgan fingerprint density at radius 1 is 0.577 bits per heavy atom. The Morgan fingerprint density at radius 2 is 1.02 bits per heavy atom. The molecule has 0 spiro atoms. The Labute approximate surface area is 316 Å². The first-order valence-electron chi connectivity index (χ1n) is 19.6. The van der Waals surface area contributed by atoms with Crippen LogP contribution in [0.2, 0.25) is 0 Å². The summed E-state index contributed by atoms with van der Waals surface area (Å²) in [4.78, 5) is 36.6. The molecule has 0 rings (SSSR count). The monoisotopic (exact) mass is 726 g/mol. The molecule has 0 aliphatic rings. The minimum absolute atomic E-state index is 0.0112. The van der Waals surface area contributed by atoms with Gasteiger partial charge in [0.05, 0.1) is 40.3 Å². The summed E-state index contributed by atoms with van der Waals surface area (Å²) in [5, 5.41) is 11.6. The third-order valence-corrected chi connectivity index (χ3v) is 8.03. The Morgan fingerprint density at radius 3 is 1.50 bits per heavy atom. The lowest BCUT2D eigenvalue weighted by Gasteiger charge is -2.34. The molecule has 0 amide bonds. The molecule has 52 heavy (non-hydrogen) atoms. The molecule has 0 saturated carbocycles. The van der Waals surface area contributed by atoms with Gasteiger partial charge in [0.1, 0.15) is 12.6 Å². The van der Waals surface area contributed by atoms with E-state index in [1.54, 1.807) is 21.1 Å². The van der Waals surface area contributed by atoms with Crippen LogP contribution < -0.4 is 5.11 Å². The van der Waals surface area contributed by atoms with Gasteiger partial charge in [-0.05, 0) is 83.5 Å². The minimum atomic E-state index is -1.14. The van der Waals surface area contributed by atoms with Crippen LogP contribution in [0.1, 0.15) is 123 Å². The molecule has 294 valence electrons. The number of unbranched alkanes of at least 4 members (excludes halogenated alkanes) is 5. The molecule has 2 atom stereocenters. The van der Waals surface area contributed by atoms with Gasteiger partial charge in [-0.15, -0.1) is 0 Å². The summed E-state index contributed by atoms with van der Waals surface area (Å²) in [6.45, 7) is 4.31. The number of aliphatic carboxylic acids is 1. The van der Waals surface area contributed by atoms with E-state index in [2.05, 4.69) is 98.9 Å². The Hall–Kier alpha value is -3.49. The van der Waals surface area contributed by atoms with E-state index in [9.17, 15) is 19.5 Å². The van der Waals surface area contributed by atoms with Crippen molar-refractivity contribution in [3.63, 3.8) is 0 Å². The molecule has 0 heterocycles. The SMILES string of the molecule is CC/C=C/C/C=C/C/C=C/C/C=C/C/C=C/CCCCCC(=O)OC(COCCC(C(=O)[O-])[N+](C)(C)C)COC(=O)CCCC/C=C/C/C=C/CC. The predicted octanol–water partition coefficient (Wildman–Crippen LogP) is 8.85. The maximum absolute atomic E-state index is 12.6. The second-order valence-corrected chi connectivity index (χ2v) is 13.7. The molecule has 0 aromatic rings. The zero-order valence-electron chi connectivity index (χ0n) is 33.2. The lowest BCUT2D eigenvalue weighted by molar-refractivity contribution is -0.889. The van der Waals surface area contributed by atoms with Crippen LogP contribution in [0.25, 0.3) is 0 Å². The van der Waals surface area contributed by atoms with Gasteiger partial charge >= 0.3 is 11.9 Å². The molecule has 0 radical (unpaired) electrons. The van der Waals surface area contributed by atoms with E-state index < -0.39 is 18.1 Å². The third kappa shape index (κ3) is 32.4. The van der Waals surface area contributed by atoms with Gasteiger partial charge in [0.2, 0.25) is 0 Å². The van der Waals surface area contributed by atoms with Crippen LogP contribution >= 0.6 is 0 Å². The fraction of sp³-hybridized carbons (Fsp3) is 0.614. The van der Waals surface area contributed by atoms with Gasteiger partial charge in [-0.1, -0.05) is 105 Å². The van der Waals surface area contributed by atoms with Crippen LogP contribution in [0, 0.1) is 0 Å². The highest BCUT2D eigenvalue weighted by molar-refractivity contribution is 5.70. The normalized spacial score (nSPS) is 13.9. The number of carbonyl (C=O) groups excluding carboxylic acids is 3. The molecule has 0 bridgehead atoms. The zero-order chi connectivity index (χ0) is 38.5. The molecule has 0 fully saturated rings. The average Bonchev–Trinajstić information content (AvgIpc) is 3.09. The number of carboxylic acids is 1. The van der Waals surface area contributed by atoms with Gasteiger partial charge in [0, 0.05) is 19.3 Å². The molecule has 8 nitrogen and oxygen atoms in total. The van der Waals surface area contributed by atoms with Gasteiger partial charge in [0.15, 0.2) is 6.10 Å². The van der Waals surface area contributed by atoms with Crippen molar-refractivity contribution < 1.29 is 38.2 Å². The van der Waals surface area contributed by atoms with E-state index in [0.717, 1.165) is 77.0 Å². The van der Waals surface area contributed by atoms with Gasteiger partial charge in [-0.25, -0.2) is 0 Å². The summed E-state index contributed by atoms with van der Waals surface area (Å²) in [5.74, 6) is -1.84. The maximum atomic E-state index is 12.6. The number of rotatable bonds is 33. The Kier molecular flexibility index (Phi) is 32.3. The molecule has 0 aromatic heterocycles. The highest BCUT2D eigenvalue weighted by Crippen LogP contribution is 2.11. The largest absolute Gasteiger partial charge is 0.544 e. The third-order valence-electron chi connectivity index (χ3n) is 8.03. The minimum Gasteiger partial charge on any atom is -0.544 e. The summed E-state index contributed by atoms with van der Waals surface area (Å²) in [6.07, 6.45) is 43.4. The number of nitrogens with zero attached hydrogens (tertiary/aromatic N) is 1. The molecule has 0 saturated heterocycles. The van der Waals surface area contributed by atoms with Crippen molar-refractivity contribution in [1.29, 1.82) is 0 Å². The van der Waals surface area contributed by atoms with Crippen LogP contribution in [0.4, 0.5) is 0 Å². The molecule has 8 heteroatoms. The highest BCUT2D eigenvalue weighted by atomic mass is 16.6. The molecule has 0 aromatic carbocycles. The Balaban J connectivity index is 4.48. The summed E-state index contributed by atoms with van der Waals surface area (Å²) in [5.41, 5.74) is 0. The average molecular weight is 726 g/mol. The number of carbonyl (C=O) groups is 3. The van der Waals surface area contributed by atoms with Crippen LogP contribution in [0.5, 0.6) is 0 Å². The van der Waals surface area contributed by atoms with Crippen LogP contribution in [-0.4, -0.2) is 75.5 Å². The zero-order valence-corrected chi connectivity index (χ0v) is 33.2. The standard InChI is InChI=1S/C44H71NO7/c1-6-8-10-12-14-16-17-18-19-20-21-22-23-24-25-27-29-31-33-35-43(47)52-40(38-50-37-36-41(44(48)49)45(3,4)5)39-51-42(46)34-32-30-28-26-15-13-11-9-7-2/h8-11,14-16,18-19,21-22,24-26,40-41H,6-7,12-13,17,20,23,27-39H2,1-5H3/b10-8+,11-9+,16-14+,19-18+,22-21+,25-24+,26-15+. The smallest absolute Gasteiger partial charge is 0.306 e. The molecular weight excluding hydrogens is 654 g/mol. The van der Waals surface area contributed by atoms with Crippen molar-refractivity contribution in [3.8, 4) is 0 Å². The number of ether oxygens (including phenoxy) is 3. The number of carboxylic acid groups (broad SMARTS) is 1. The predicted molar refractivity (Wildman–Crippen MR) is 212 cm³/mol. The van der Waals surface area contributed by atoms with Gasteiger partial charge in [0.25, 0.3) is 0 Å². The highest BCUT2D eigenvalue weighted by Gasteiger charge is 2.25. The second-order valence-electron chi connectivity index (χ2n) is 13.7. The first-order chi connectivity index (χ1) is 25.1. The summed E-state index contributed by atoms with van der Waals surface area (Å²) in [7, 11) is 5.36.